The Morgan fingerprint density at radius 3 is 2.67 bits per heavy atom. The van der Waals surface area contributed by atoms with Gasteiger partial charge < -0.3 is 5.73 Å². The molecule has 15 heavy (non-hydrogen) atoms. The second-order valence-electron chi connectivity index (χ2n) is 3.33. The molecule has 2 N–H and O–H groups in total. The van der Waals surface area contributed by atoms with Gasteiger partial charge in [-0.15, -0.1) is 0 Å². The number of likely N-dealkylation sites (N-methyl/N-ethyl adjacent to an activating group) is 1. The van der Waals surface area contributed by atoms with Crippen molar-refractivity contribution in [1.82, 2.24) is 9.88 Å². The molecule has 0 saturated heterocycles. The van der Waals surface area contributed by atoms with Gasteiger partial charge >= 0.3 is 0 Å². The molecule has 0 radical (unpaired) electrons. The minimum atomic E-state index is -0.0259. The standard InChI is InChI=1S/C12H19N3/c1-3-15(4-2)12(13)9-8-11-7-5-6-10-14-11/h5-10,12H,3-4,13H2,1-2H3. The summed E-state index contributed by atoms with van der Waals surface area (Å²) in [6, 6.07) is 5.84. The summed E-state index contributed by atoms with van der Waals surface area (Å²) in [6.45, 7) is 6.14. The number of pyridine rings is 1. The molecule has 0 fully saturated rings. The smallest absolute Gasteiger partial charge is 0.0767 e. The predicted molar refractivity (Wildman–Crippen MR) is 64.2 cm³/mol. The molecular formula is C12H19N3. The van der Waals surface area contributed by atoms with E-state index in [-0.39, 0.29) is 6.17 Å². The van der Waals surface area contributed by atoms with Crippen LogP contribution in [-0.4, -0.2) is 29.1 Å². The number of hydrogen-bond acceptors (Lipinski definition) is 3. The van der Waals surface area contributed by atoms with Crippen LogP contribution in [0.3, 0.4) is 0 Å². The zero-order valence-electron chi connectivity index (χ0n) is 9.43. The van der Waals surface area contributed by atoms with E-state index in [9.17, 15) is 0 Å². The van der Waals surface area contributed by atoms with Gasteiger partial charge in [0.1, 0.15) is 0 Å². The van der Waals surface area contributed by atoms with E-state index in [2.05, 4.69) is 23.7 Å². The van der Waals surface area contributed by atoms with E-state index in [4.69, 9.17) is 5.73 Å². The fourth-order valence-electron chi connectivity index (χ4n) is 1.44. The number of hydrogen-bond donors (Lipinski definition) is 1. The van der Waals surface area contributed by atoms with Crippen molar-refractivity contribution in [2.24, 2.45) is 5.73 Å². The predicted octanol–water partition coefficient (Wildman–Crippen LogP) is 1.72. The first-order valence-corrected chi connectivity index (χ1v) is 5.36. The summed E-state index contributed by atoms with van der Waals surface area (Å²) in [6.07, 6.45) is 5.70. The van der Waals surface area contributed by atoms with Gasteiger partial charge in [0.15, 0.2) is 0 Å². The zero-order chi connectivity index (χ0) is 11.1. The third-order valence-corrected chi connectivity index (χ3v) is 2.39. The largest absolute Gasteiger partial charge is 0.312 e. The van der Waals surface area contributed by atoms with Crippen LogP contribution in [-0.2, 0) is 0 Å². The van der Waals surface area contributed by atoms with Crippen LogP contribution in [0.25, 0.3) is 6.08 Å². The highest BCUT2D eigenvalue weighted by Gasteiger charge is 2.05. The van der Waals surface area contributed by atoms with Crippen molar-refractivity contribution < 1.29 is 0 Å². The lowest BCUT2D eigenvalue weighted by Crippen LogP contribution is -2.40. The quantitative estimate of drug-likeness (QED) is 0.744. The Morgan fingerprint density at radius 1 is 1.40 bits per heavy atom. The average molecular weight is 205 g/mol. The average Bonchev–Trinajstić information content (AvgIpc) is 2.29. The van der Waals surface area contributed by atoms with Crippen LogP contribution < -0.4 is 5.73 Å². The molecule has 82 valence electrons. The lowest BCUT2D eigenvalue weighted by Gasteiger charge is -2.23. The van der Waals surface area contributed by atoms with Crippen molar-refractivity contribution in [3.8, 4) is 0 Å². The van der Waals surface area contributed by atoms with Gasteiger partial charge in [-0.05, 0) is 31.3 Å². The summed E-state index contributed by atoms with van der Waals surface area (Å²) >= 11 is 0. The SMILES string of the molecule is CCN(CC)C(N)C=Cc1ccccn1. The summed E-state index contributed by atoms with van der Waals surface area (Å²) in [5.41, 5.74) is 6.94. The van der Waals surface area contributed by atoms with E-state index >= 15 is 0 Å². The minimum absolute atomic E-state index is 0.0259. The van der Waals surface area contributed by atoms with Crippen molar-refractivity contribution >= 4 is 6.08 Å². The van der Waals surface area contributed by atoms with Crippen molar-refractivity contribution in [3.63, 3.8) is 0 Å². The molecule has 0 aliphatic heterocycles. The minimum Gasteiger partial charge on any atom is -0.312 e. The molecule has 3 nitrogen and oxygen atoms in total. The Hall–Kier alpha value is -1.19. The molecule has 1 unspecified atom stereocenters. The Balaban J connectivity index is 2.57. The summed E-state index contributed by atoms with van der Waals surface area (Å²) in [5.74, 6) is 0. The second kappa shape index (κ2) is 6.32. The van der Waals surface area contributed by atoms with Gasteiger partial charge in [0.2, 0.25) is 0 Å². The lowest BCUT2D eigenvalue weighted by atomic mass is 10.3. The normalized spacial score (nSPS) is 13.6. The van der Waals surface area contributed by atoms with E-state index in [0.717, 1.165) is 18.8 Å². The van der Waals surface area contributed by atoms with E-state index in [1.165, 1.54) is 0 Å². The Bertz CT molecular complexity index is 291. The maximum Gasteiger partial charge on any atom is 0.0767 e. The molecule has 0 aromatic carbocycles. The fourth-order valence-corrected chi connectivity index (χ4v) is 1.44. The summed E-state index contributed by atoms with van der Waals surface area (Å²) in [4.78, 5) is 6.38. The highest BCUT2D eigenvalue weighted by atomic mass is 15.2. The molecule has 0 amide bonds. The molecule has 0 bridgehead atoms. The first-order valence-electron chi connectivity index (χ1n) is 5.36. The highest BCUT2D eigenvalue weighted by molar-refractivity contribution is 5.44. The molecule has 1 rings (SSSR count). The molecule has 3 heteroatoms. The van der Waals surface area contributed by atoms with Crippen molar-refractivity contribution in [2.75, 3.05) is 13.1 Å². The third-order valence-electron chi connectivity index (χ3n) is 2.39. The van der Waals surface area contributed by atoms with Crippen LogP contribution in [0.15, 0.2) is 30.5 Å². The van der Waals surface area contributed by atoms with Gasteiger partial charge in [-0.25, -0.2) is 0 Å². The topological polar surface area (TPSA) is 42.1 Å². The molecular weight excluding hydrogens is 186 g/mol. The molecule has 1 heterocycles. The second-order valence-corrected chi connectivity index (χ2v) is 3.33. The van der Waals surface area contributed by atoms with Crippen LogP contribution in [0.1, 0.15) is 19.5 Å². The lowest BCUT2D eigenvalue weighted by molar-refractivity contribution is 0.259. The number of aromatic nitrogens is 1. The van der Waals surface area contributed by atoms with Gasteiger partial charge in [0.25, 0.3) is 0 Å². The molecule has 1 aromatic heterocycles. The molecule has 0 spiro atoms. The summed E-state index contributed by atoms with van der Waals surface area (Å²) in [5, 5.41) is 0. The Kier molecular flexibility index (Phi) is 5.01. The maximum atomic E-state index is 6.00. The van der Waals surface area contributed by atoms with Gasteiger partial charge in [0, 0.05) is 6.20 Å². The van der Waals surface area contributed by atoms with E-state index in [1.807, 2.05) is 30.4 Å². The number of rotatable bonds is 5. The highest BCUT2D eigenvalue weighted by Crippen LogP contribution is 2.00. The fraction of sp³-hybridized carbons (Fsp3) is 0.417. The van der Waals surface area contributed by atoms with Crippen LogP contribution >= 0.6 is 0 Å². The van der Waals surface area contributed by atoms with Crippen LogP contribution in [0.2, 0.25) is 0 Å². The van der Waals surface area contributed by atoms with Gasteiger partial charge in [0.05, 0.1) is 11.9 Å². The van der Waals surface area contributed by atoms with Crippen LogP contribution in [0.5, 0.6) is 0 Å². The Morgan fingerprint density at radius 2 is 2.13 bits per heavy atom. The van der Waals surface area contributed by atoms with Crippen LogP contribution in [0.4, 0.5) is 0 Å². The number of nitrogens with zero attached hydrogens (tertiary/aromatic N) is 2. The molecule has 0 aliphatic carbocycles. The summed E-state index contributed by atoms with van der Waals surface area (Å²) < 4.78 is 0. The number of nitrogens with two attached hydrogens (primary N) is 1. The van der Waals surface area contributed by atoms with E-state index < -0.39 is 0 Å². The van der Waals surface area contributed by atoms with Crippen molar-refractivity contribution in [2.45, 2.75) is 20.0 Å². The molecule has 1 atom stereocenters. The summed E-state index contributed by atoms with van der Waals surface area (Å²) in [7, 11) is 0. The molecule has 0 aliphatic rings. The van der Waals surface area contributed by atoms with Crippen LogP contribution in [0, 0.1) is 0 Å². The Labute approximate surface area is 91.6 Å². The van der Waals surface area contributed by atoms with Gasteiger partial charge in [-0.1, -0.05) is 26.0 Å². The van der Waals surface area contributed by atoms with Crippen molar-refractivity contribution in [1.29, 1.82) is 0 Å². The zero-order valence-corrected chi connectivity index (χ0v) is 9.43. The van der Waals surface area contributed by atoms with Gasteiger partial charge in [-0.3, -0.25) is 9.88 Å². The van der Waals surface area contributed by atoms with E-state index in [0.29, 0.717) is 0 Å². The van der Waals surface area contributed by atoms with Gasteiger partial charge in [-0.2, -0.15) is 0 Å². The first-order chi connectivity index (χ1) is 7.27. The monoisotopic (exact) mass is 205 g/mol. The van der Waals surface area contributed by atoms with Crippen molar-refractivity contribution in [3.05, 3.63) is 36.2 Å². The maximum absolute atomic E-state index is 6.00. The first kappa shape index (κ1) is 11.9. The molecule has 1 aromatic rings. The third kappa shape index (κ3) is 3.81. The van der Waals surface area contributed by atoms with E-state index in [1.54, 1.807) is 6.20 Å². The molecule has 0 saturated carbocycles.